The van der Waals surface area contributed by atoms with E-state index in [9.17, 15) is 19.2 Å². The van der Waals surface area contributed by atoms with Crippen molar-refractivity contribution in [2.24, 2.45) is 11.8 Å². The Hall–Kier alpha value is -4.65. The van der Waals surface area contributed by atoms with Crippen LogP contribution in [0.15, 0.2) is 29.1 Å². The Labute approximate surface area is 290 Å². The van der Waals surface area contributed by atoms with Gasteiger partial charge in [0.05, 0.1) is 40.2 Å². The smallest absolute Gasteiger partial charge is 0.357 e. The molecule has 0 bridgehead atoms. The number of aromatic nitrogens is 1. The molecule has 1 aromatic heterocycles. The minimum Gasteiger partial charge on any atom is -0.493 e. The average Bonchev–Trinajstić information content (AvgIpc) is 3.30. The van der Waals surface area contributed by atoms with Crippen molar-refractivity contribution in [1.82, 2.24) is 10.3 Å². The monoisotopic (exact) mass is 694 g/mol. The zero-order chi connectivity index (χ0) is 36.0. The van der Waals surface area contributed by atoms with E-state index in [0.717, 1.165) is 16.0 Å². The lowest BCUT2D eigenvalue weighted by atomic mass is 9.95. The van der Waals surface area contributed by atoms with Crippen molar-refractivity contribution in [3.05, 3.63) is 56.2 Å². The van der Waals surface area contributed by atoms with Gasteiger partial charge < -0.3 is 34.9 Å². The van der Waals surface area contributed by atoms with E-state index in [1.54, 1.807) is 26.4 Å². The number of fused-ring (bicyclic) bond motifs is 3. The van der Waals surface area contributed by atoms with Crippen LogP contribution < -0.4 is 35.6 Å². The van der Waals surface area contributed by atoms with Crippen LogP contribution in [0, 0.1) is 11.8 Å². The molecule has 3 aromatic rings. The van der Waals surface area contributed by atoms with Crippen molar-refractivity contribution >= 4 is 39.9 Å². The Morgan fingerprint density at radius 3 is 2.33 bits per heavy atom. The molecule has 264 valence electrons. The van der Waals surface area contributed by atoms with Crippen LogP contribution in [0.2, 0.25) is 0 Å². The highest BCUT2D eigenvalue weighted by Crippen LogP contribution is 2.50. The van der Waals surface area contributed by atoms with Crippen LogP contribution in [0.4, 0.5) is 10.8 Å². The van der Waals surface area contributed by atoms with E-state index in [1.807, 2.05) is 33.8 Å². The number of nitrogens with one attached hydrogen (secondary N) is 3. The third-order valence-corrected chi connectivity index (χ3v) is 9.62. The first-order valence-electron chi connectivity index (χ1n) is 16.3. The highest BCUT2D eigenvalue weighted by atomic mass is 32.1. The van der Waals surface area contributed by atoms with Gasteiger partial charge in [-0.15, -0.1) is 11.3 Å². The number of esters is 1. The molecule has 2 aromatic carbocycles. The first kappa shape index (κ1) is 37.2. The number of anilines is 2. The number of carbonyl (C=O) groups is 3. The summed E-state index contributed by atoms with van der Waals surface area (Å²) in [5.74, 6) is 0.216. The van der Waals surface area contributed by atoms with Crippen molar-refractivity contribution in [1.29, 1.82) is 0 Å². The molecule has 0 aliphatic heterocycles. The number of thiazole rings is 1. The van der Waals surface area contributed by atoms with E-state index in [4.69, 9.17) is 18.9 Å². The Kier molecular flexibility index (Phi) is 12.3. The summed E-state index contributed by atoms with van der Waals surface area (Å²) in [5.41, 5.74) is 2.94. The zero-order valence-electron chi connectivity index (χ0n) is 29.6. The van der Waals surface area contributed by atoms with Crippen molar-refractivity contribution in [2.75, 3.05) is 39.1 Å². The van der Waals surface area contributed by atoms with Gasteiger partial charge in [0.2, 0.25) is 23.0 Å². The Morgan fingerprint density at radius 2 is 1.73 bits per heavy atom. The summed E-state index contributed by atoms with van der Waals surface area (Å²) in [5, 5.41) is 9.36. The number of carbonyl (C=O) groups excluding carboxylic acids is 3. The van der Waals surface area contributed by atoms with Gasteiger partial charge in [-0.05, 0) is 66.0 Å². The summed E-state index contributed by atoms with van der Waals surface area (Å²) in [4.78, 5) is 57.7. The van der Waals surface area contributed by atoms with E-state index in [-0.39, 0.29) is 39.7 Å². The molecule has 3 atom stereocenters. The summed E-state index contributed by atoms with van der Waals surface area (Å²) in [6.07, 6.45) is 2.32. The van der Waals surface area contributed by atoms with E-state index in [0.29, 0.717) is 54.1 Å². The summed E-state index contributed by atoms with van der Waals surface area (Å²) >= 11 is 1.23. The fourth-order valence-electron chi connectivity index (χ4n) is 6.05. The van der Waals surface area contributed by atoms with Crippen LogP contribution in [-0.2, 0) is 27.2 Å². The topological polar surface area (TPSA) is 154 Å². The van der Waals surface area contributed by atoms with E-state index >= 15 is 0 Å². The lowest BCUT2D eigenvalue weighted by Crippen LogP contribution is -2.40. The molecule has 4 rings (SSSR count). The van der Waals surface area contributed by atoms with Gasteiger partial charge in [-0.3, -0.25) is 14.4 Å². The van der Waals surface area contributed by atoms with Crippen LogP contribution in [0.3, 0.4) is 0 Å². The summed E-state index contributed by atoms with van der Waals surface area (Å²) in [7, 11) is 5.92. The fraction of sp³-hybridized carbons (Fsp3) is 0.472. The van der Waals surface area contributed by atoms with Crippen LogP contribution in [0.25, 0.3) is 11.1 Å². The molecule has 0 unspecified atom stereocenters. The Morgan fingerprint density at radius 1 is 1.02 bits per heavy atom. The second-order valence-electron chi connectivity index (χ2n) is 12.5. The van der Waals surface area contributed by atoms with Crippen LogP contribution in [0.5, 0.6) is 17.2 Å². The Bertz CT molecular complexity index is 1770. The van der Waals surface area contributed by atoms with Crippen LogP contribution in [-0.4, -0.2) is 57.2 Å². The third-order valence-electron chi connectivity index (χ3n) is 8.62. The maximum atomic E-state index is 14.0. The maximum absolute atomic E-state index is 14.0. The van der Waals surface area contributed by atoms with Gasteiger partial charge in [0.15, 0.2) is 22.3 Å². The van der Waals surface area contributed by atoms with Gasteiger partial charge in [0, 0.05) is 17.4 Å². The van der Waals surface area contributed by atoms with Crippen molar-refractivity contribution < 1.29 is 33.3 Å². The molecule has 0 saturated carbocycles. The minimum atomic E-state index is -0.823. The van der Waals surface area contributed by atoms with Crippen molar-refractivity contribution in [3.63, 3.8) is 0 Å². The molecule has 0 fully saturated rings. The number of hydrogen-bond donors (Lipinski definition) is 3. The molecule has 13 heteroatoms. The lowest BCUT2D eigenvalue weighted by molar-refractivity contribution is -0.120. The Balaban J connectivity index is 1.81. The molecule has 1 heterocycles. The summed E-state index contributed by atoms with van der Waals surface area (Å²) in [6.45, 7) is 9.38. The molecule has 1 aliphatic rings. The average molecular weight is 695 g/mol. The van der Waals surface area contributed by atoms with E-state index < -0.39 is 24.0 Å². The predicted octanol–water partition coefficient (Wildman–Crippen LogP) is 5.77. The third kappa shape index (κ3) is 8.15. The minimum absolute atomic E-state index is 0.182. The zero-order valence-corrected chi connectivity index (χ0v) is 30.4. The number of amides is 2. The lowest BCUT2D eigenvalue weighted by Gasteiger charge is -2.23. The van der Waals surface area contributed by atoms with Crippen LogP contribution in [0.1, 0.15) is 80.0 Å². The molecule has 12 nitrogen and oxygen atoms in total. The molecule has 3 N–H and O–H groups in total. The number of nitrogens with zero attached hydrogens (tertiary/aromatic N) is 1. The molecule has 2 amide bonds. The second kappa shape index (κ2) is 16.2. The van der Waals surface area contributed by atoms with Crippen molar-refractivity contribution in [3.8, 4) is 28.4 Å². The van der Waals surface area contributed by atoms with Gasteiger partial charge >= 0.3 is 5.97 Å². The predicted molar refractivity (Wildman–Crippen MR) is 190 cm³/mol. The number of ether oxygens (including phenoxy) is 4. The molecule has 0 radical (unpaired) electrons. The molecule has 49 heavy (non-hydrogen) atoms. The van der Waals surface area contributed by atoms with Gasteiger partial charge in [0.25, 0.3) is 0 Å². The van der Waals surface area contributed by atoms with Crippen molar-refractivity contribution in [2.45, 2.75) is 72.4 Å². The summed E-state index contributed by atoms with van der Waals surface area (Å²) < 4.78 is 22.1. The van der Waals surface area contributed by atoms with Gasteiger partial charge in [-0.25, -0.2) is 9.78 Å². The number of rotatable bonds is 13. The molecular formula is C36H46N4O8S. The number of methoxy groups -OCH3 is 4. The second-order valence-corrected chi connectivity index (χ2v) is 13.6. The molecule has 0 spiro atoms. The standard InChI is InChI=1S/C36H46N4O8S/c1-10-19(4)30(34(43)40-36-39-31(35(44)48-9)28(49-36)15-18(2)3)38-25-14-12-22-23(17-26(25)42)24(37-20(5)41)13-11-21-16-27(45-6)32(46-7)33(47-8)29(21)22/h12,14,16-19,24,30H,10-11,13,15H2,1-9H3,(H,37,41)(H,38,42)(H,39,40,43)/t19-,24-,30-/m0/s1. The highest BCUT2D eigenvalue weighted by Gasteiger charge is 2.31. The van der Waals surface area contributed by atoms with E-state index in [2.05, 4.69) is 20.9 Å². The van der Waals surface area contributed by atoms with E-state index in [1.165, 1.54) is 38.5 Å². The van der Waals surface area contributed by atoms with Gasteiger partial charge in [-0.1, -0.05) is 40.2 Å². The van der Waals surface area contributed by atoms with Gasteiger partial charge in [0.1, 0.15) is 6.04 Å². The number of benzene rings is 1. The normalized spacial score (nSPS) is 14.8. The molecule has 0 saturated heterocycles. The van der Waals surface area contributed by atoms with Crippen LogP contribution >= 0.6 is 11.3 Å². The first-order chi connectivity index (χ1) is 23.4. The first-order valence-corrected chi connectivity index (χ1v) is 17.1. The largest absolute Gasteiger partial charge is 0.493 e. The fourth-order valence-corrected chi connectivity index (χ4v) is 7.21. The molecule has 1 aliphatic carbocycles. The highest BCUT2D eigenvalue weighted by molar-refractivity contribution is 7.16. The maximum Gasteiger partial charge on any atom is 0.357 e. The number of aryl methyl sites for hydroxylation is 1. The summed E-state index contributed by atoms with van der Waals surface area (Å²) in [6, 6.07) is 5.56. The quantitative estimate of drug-likeness (QED) is 0.188. The molecular weight excluding hydrogens is 648 g/mol. The SMILES string of the molecule is CC[C@H](C)[C@H](Nc1ccc2c(cc1=O)[C@@H](NC(C)=O)CCc1cc(OC)c(OC)c(OC)c1-2)C(=O)Nc1nc(C(=O)OC)c(CC(C)C)s1. The number of hydrogen-bond acceptors (Lipinski definition) is 11. The van der Waals surface area contributed by atoms with Gasteiger partial charge in [-0.2, -0.15) is 0 Å².